The molecule has 1 fully saturated rings. The summed E-state index contributed by atoms with van der Waals surface area (Å²) < 4.78 is 5.30. The molecular weight excluding hydrogens is 228 g/mol. The zero-order valence-electron chi connectivity index (χ0n) is 9.68. The molecule has 2 aromatic heterocycles. The summed E-state index contributed by atoms with van der Waals surface area (Å²) in [5, 5.41) is 10.7. The Morgan fingerprint density at radius 1 is 1.28 bits per heavy atom. The molecule has 0 aliphatic heterocycles. The van der Waals surface area contributed by atoms with E-state index in [0.717, 1.165) is 28.2 Å². The molecule has 1 aromatic carbocycles. The van der Waals surface area contributed by atoms with Crippen LogP contribution in [0.15, 0.2) is 35.1 Å². The van der Waals surface area contributed by atoms with Gasteiger partial charge < -0.3 is 9.73 Å². The van der Waals surface area contributed by atoms with E-state index in [0.29, 0.717) is 6.04 Å². The van der Waals surface area contributed by atoms with Crippen molar-refractivity contribution >= 4 is 16.9 Å². The van der Waals surface area contributed by atoms with E-state index in [1.165, 1.54) is 19.2 Å². The molecule has 1 aliphatic rings. The van der Waals surface area contributed by atoms with Gasteiger partial charge in [-0.3, -0.25) is 5.10 Å². The Morgan fingerprint density at radius 2 is 2.22 bits per heavy atom. The van der Waals surface area contributed by atoms with Crippen LogP contribution >= 0.6 is 0 Å². The van der Waals surface area contributed by atoms with E-state index < -0.39 is 0 Å². The molecule has 0 atom stereocenters. The van der Waals surface area contributed by atoms with Crippen LogP contribution in [0.5, 0.6) is 0 Å². The third kappa shape index (κ3) is 1.64. The molecule has 0 unspecified atom stereocenters. The fourth-order valence-electron chi connectivity index (χ4n) is 2.00. The minimum atomic E-state index is 0.609. The van der Waals surface area contributed by atoms with Crippen LogP contribution < -0.4 is 5.32 Å². The number of aromatic amines is 1. The first kappa shape index (κ1) is 9.70. The first-order valence-electron chi connectivity index (χ1n) is 6.04. The number of hydrogen-bond donors (Lipinski definition) is 2. The molecule has 1 saturated carbocycles. The Bertz CT molecular complexity index is 696. The highest BCUT2D eigenvalue weighted by atomic mass is 16.3. The summed E-state index contributed by atoms with van der Waals surface area (Å²) >= 11 is 0. The van der Waals surface area contributed by atoms with Crippen LogP contribution in [0.25, 0.3) is 22.4 Å². The zero-order valence-corrected chi connectivity index (χ0v) is 9.68. The summed E-state index contributed by atoms with van der Waals surface area (Å²) in [5.41, 5.74) is 3.69. The highest BCUT2D eigenvalue weighted by Crippen LogP contribution is 2.27. The highest BCUT2D eigenvalue weighted by molar-refractivity contribution is 5.79. The number of fused-ring (bicyclic) bond motifs is 1. The SMILES string of the molecule is c1nc2ccc(-c3cc(NC4CC4)n[nH]3)cc2o1. The smallest absolute Gasteiger partial charge is 0.181 e. The van der Waals surface area contributed by atoms with Crippen LogP contribution in [0.3, 0.4) is 0 Å². The molecule has 0 amide bonds. The van der Waals surface area contributed by atoms with Gasteiger partial charge in [0.25, 0.3) is 0 Å². The lowest BCUT2D eigenvalue weighted by Crippen LogP contribution is -2.00. The molecule has 2 N–H and O–H groups in total. The number of nitrogens with zero attached hydrogens (tertiary/aromatic N) is 2. The second kappa shape index (κ2) is 3.60. The minimum Gasteiger partial charge on any atom is -0.443 e. The van der Waals surface area contributed by atoms with Crippen molar-refractivity contribution < 1.29 is 4.42 Å². The van der Waals surface area contributed by atoms with E-state index >= 15 is 0 Å². The zero-order chi connectivity index (χ0) is 11.9. The predicted octanol–water partition coefficient (Wildman–Crippen LogP) is 2.79. The number of rotatable bonds is 3. The lowest BCUT2D eigenvalue weighted by Gasteiger charge is -1.96. The number of anilines is 1. The molecular formula is C13H12N4O. The van der Waals surface area contributed by atoms with Gasteiger partial charge in [0.05, 0.1) is 5.69 Å². The first-order valence-corrected chi connectivity index (χ1v) is 6.04. The molecule has 0 radical (unpaired) electrons. The van der Waals surface area contributed by atoms with Gasteiger partial charge in [-0.2, -0.15) is 5.10 Å². The van der Waals surface area contributed by atoms with Crippen LogP contribution in [0.1, 0.15) is 12.8 Å². The van der Waals surface area contributed by atoms with Gasteiger partial charge in [-0.15, -0.1) is 0 Å². The number of hydrogen-bond acceptors (Lipinski definition) is 4. The second-order valence-corrected chi connectivity index (χ2v) is 4.62. The van der Waals surface area contributed by atoms with Crippen LogP contribution in [-0.2, 0) is 0 Å². The van der Waals surface area contributed by atoms with Crippen molar-refractivity contribution in [2.24, 2.45) is 0 Å². The second-order valence-electron chi connectivity index (χ2n) is 4.62. The average Bonchev–Trinajstić information content (AvgIpc) is 2.91. The van der Waals surface area contributed by atoms with Crippen LogP contribution in [0.4, 0.5) is 5.82 Å². The molecule has 18 heavy (non-hydrogen) atoms. The van der Waals surface area contributed by atoms with E-state index in [1.807, 2.05) is 24.3 Å². The quantitative estimate of drug-likeness (QED) is 0.738. The molecule has 2 heterocycles. The molecule has 5 nitrogen and oxygen atoms in total. The normalized spacial score (nSPS) is 15.1. The highest BCUT2D eigenvalue weighted by Gasteiger charge is 2.21. The number of benzene rings is 1. The van der Waals surface area contributed by atoms with Gasteiger partial charge in [-0.25, -0.2) is 4.98 Å². The fraction of sp³-hybridized carbons (Fsp3) is 0.231. The minimum absolute atomic E-state index is 0.609. The van der Waals surface area contributed by atoms with Crippen molar-refractivity contribution in [2.75, 3.05) is 5.32 Å². The van der Waals surface area contributed by atoms with Crippen LogP contribution in [0.2, 0.25) is 0 Å². The topological polar surface area (TPSA) is 66.7 Å². The summed E-state index contributed by atoms with van der Waals surface area (Å²) in [6.45, 7) is 0. The van der Waals surface area contributed by atoms with Gasteiger partial charge in [0, 0.05) is 17.7 Å². The third-order valence-electron chi connectivity index (χ3n) is 3.15. The summed E-state index contributed by atoms with van der Waals surface area (Å²) in [5.74, 6) is 0.908. The van der Waals surface area contributed by atoms with Crippen molar-refractivity contribution in [3.8, 4) is 11.3 Å². The van der Waals surface area contributed by atoms with Gasteiger partial charge >= 0.3 is 0 Å². The average molecular weight is 240 g/mol. The maximum Gasteiger partial charge on any atom is 0.181 e. The Labute approximate surface area is 103 Å². The van der Waals surface area contributed by atoms with Crippen molar-refractivity contribution in [3.05, 3.63) is 30.7 Å². The standard InChI is InChI=1S/C13H12N4O/c1-4-10-12(18-7-14-10)5-8(1)11-6-13(17-16-11)15-9-2-3-9/h1,4-7,9H,2-3H2,(H2,15,16,17). The van der Waals surface area contributed by atoms with Gasteiger partial charge in [0.1, 0.15) is 11.3 Å². The van der Waals surface area contributed by atoms with Crippen LogP contribution in [-0.4, -0.2) is 21.2 Å². The summed E-state index contributed by atoms with van der Waals surface area (Å²) in [4.78, 5) is 4.10. The Kier molecular flexibility index (Phi) is 1.94. The summed E-state index contributed by atoms with van der Waals surface area (Å²) in [6, 6.07) is 8.56. The monoisotopic (exact) mass is 240 g/mol. The number of nitrogens with one attached hydrogen (secondary N) is 2. The van der Waals surface area contributed by atoms with Crippen molar-refractivity contribution in [1.29, 1.82) is 0 Å². The molecule has 4 rings (SSSR count). The third-order valence-corrected chi connectivity index (χ3v) is 3.15. The summed E-state index contributed by atoms with van der Waals surface area (Å²) in [7, 11) is 0. The number of oxazole rings is 1. The fourth-order valence-corrected chi connectivity index (χ4v) is 2.00. The van der Waals surface area contributed by atoms with Gasteiger partial charge in [-0.1, -0.05) is 6.07 Å². The maximum absolute atomic E-state index is 5.30. The number of H-pyrrole nitrogens is 1. The van der Waals surface area contributed by atoms with E-state index in [-0.39, 0.29) is 0 Å². The van der Waals surface area contributed by atoms with Crippen LogP contribution in [0, 0.1) is 0 Å². The molecule has 90 valence electrons. The molecule has 3 aromatic rings. The van der Waals surface area contributed by atoms with E-state index in [9.17, 15) is 0 Å². The molecule has 0 spiro atoms. The van der Waals surface area contributed by atoms with Crippen molar-refractivity contribution in [2.45, 2.75) is 18.9 Å². The van der Waals surface area contributed by atoms with Gasteiger partial charge in [-0.05, 0) is 25.0 Å². The lowest BCUT2D eigenvalue weighted by atomic mass is 10.1. The van der Waals surface area contributed by atoms with Crippen molar-refractivity contribution in [1.82, 2.24) is 15.2 Å². The molecule has 0 bridgehead atoms. The summed E-state index contributed by atoms with van der Waals surface area (Å²) in [6.07, 6.45) is 3.94. The van der Waals surface area contributed by atoms with Gasteiger partial charge in [0.2, 0.25) is 0 Å². The largest absolute Gasteiger partial charge is 0.443 e. The maximum atomic E-state index is 5.30. The lowest BCUT2D eigenvalue weighted by molar-refractivity contribution is 0.602. The van der Waals surface area contributed by atoms with Crippen molar-refractivity contribution in [3.63, 3.8) is 0 Å². The van der Waals surface area contributed by atoms with Gasteiger partial charge in [0.15, 0.2) is 12.0 Å². The predicted molar refractivity (Wildman–Crippen MR) is 68.2 cm³/mol. The first-order chi connectivity index (χ1) is 8.88. The van der Waals surface area contributed by atoms with E-state index in [4.69, 9.17) is 4.42 Å². The Hall–Kier alpha value is -2.30. The number of aromatic nitrogens is 3. The Balaban J connectivity index is 1.69. The molecule has 0 saturated heterocycles. The Morgan fingerprint density at radius 3 is 3.11 bits per heavy atom. The van der Waals surface area contributed by atoms with E-state index in [2.05, 4.69) is 20.5 Å². The van der Waals surface area contributed by atoms with E-state index in [1.54, 1.807) is 0 Å². The molecule has 1 aliphatic carbocycles. The molecule has 5 heteroatoms.